The number of hydrogen-bond donors (Lipinski definition) is 2. The molecule has 19 heavy (non-hydrogen) atoms. The van der Waals surface area contributed by atoms with Crippen molar-refractivity contribution in [2.24, 2.45) is 12.8 Å². The van der Waals surface area contributed by atoms with E-state index in [4.69, 9.17) is 10.5 Å². The van der Waals surface area contributed by atoms with Crippen LogP contribution in [0.25, 0.3) is 11.0 Å². The summed E-state index contributed by atoms with van der Waals surface area (Å²) in [6.45, 7) is 2.73. The average molecular weight is 260 g/mol. The first-order chi connectivity index (χ1) is 9.20. The number of fused-ring (bicyclic) bond motifs is 1. The van der Waals surface area contributed by atoms with Crippen LogP contribution in [0.2, 0.25) is 0 Å². The second-order valence-corrected chi connectivity index (χ2v) is 5.05. The molecule has 5 heteroatoms. The predicted octanol–water partition coefficient (Wildman–Crippen LogP) is 1.49. The van der Waals surface area contributed by atoms with Crippen LogP contribution >= 0.6 is 0 Å². The monoisotopic (exact) mass is 260 g/mol. The molecule has 102 valence electrons. The Morgan fingerprint density at radius 3 is 2.95 bits per heavy atom. The maximum atomic E-state index is 6.06. The zero-order chi connectivity index (χ0) is 13.4. The van der Waals surface area contributed by atoms with Crippen LogP contribution in [0.4, 0.5) is 5.95 Å². The molecule has 0 spiro atoms. The van der Waals surface area contributed by atoms with Gasteiger partial charge in [0, 0.05) is 19.7 Å². The highest BCUT2D eigenvalue weighted by atomic mass is 16.5. The molecule has 0 amide bonds. The third kappa shape index (κ3) is 2.09. The van der Waals surface area contributed by atoms with Crippen LogP contribution in [0.1, 0.15) is 13.3 Å². The number of anilines is 1. The third-order valence-electron chi connectivity index (χ3n) is 3.83. The molecular weight excluding hydrogens is 240 g/mol. The van der Waals surface area contributed by atoms with Crippen molar-refractivity contribution < 1.29 is 4.74 Å². The quantitative estimate of drug-likeness (QED) is 0.874. The van der Waals surface area contributed by atoms with Crippen molar-refractivity contribution in [2.45, 2.75) is 31.5 Å². The lowest BCUT2D eigenvalue weighted by Gasteiger charge is -2.42. The molecule has 1 aromatic heterocycles. The van der Waals surface area contributed by atoms with Crippen LogP contribution in [0.3, 0.4) is 0 Å². The van der Waals surface area contributed by atoms with Gasteiger partial charge in [-0.25, -0.2) is 4.98 Å². The summed E-state index contributed by atoms with van der Waals surface area (Å²) < 4.78 is 7.73. The van der Waals surface area contributed by atoms with E-state index in [2.05, 4.69) is 20.9 Å². The summed E-state index contributed by atoms with van der Waals surface area (Å²) in [7, 11) is 2.01. The number of aryl methyl sites for hydroxylation is 1. The Morgan fingerprint density at radius 1 is 1.47 bits per heavy atom. The maximum Gasteiger partial charge on any atom is 0.203 e. The molecule has 3 rings (SSSR count). The van der Waals surface area contributed by atoms with E-state index >= 15 is 0 Å². The van der Waals surface area contributed by atoms with E-state index in [1.54, 1.807) is 0 Å². The minimum Gasteiger partial charge on any atom is -0.376 e. The molecule has 1 aromatic carbocycles. The minimum atomic E-state index is 0.136. The van der Waals surface area contributed by atoms with Gasteiger partial charge in [0.1, 0.15) is 0 Å². The minimum absolute atomic E-state index is 0.136. The summed E-state index contributed by atoms with van der Waals surface area (Å²) in [4.78, 5) is 4.60. The van der Waals surface area contributed by atoms with Crippen molar-refractivity contribution in [2.75, 3.05) is 11.9 Å². The molecule has 5 nitrogen and oxygen atoms in total. The van der Waals surface area contributed by atoms with Crippen molar-refractivity contribution in [3.8, 4) is 0 Å². The van der Waals surface area contributed by atoms with Crippen LogP contribution in [0.15, 0.2) is 24.3 Å². The van der Waals surface area contributed by atoms with E-state index in [0.717, 1.165) is 30.0 Å². The Kier molecular flexibility index (Phi) is 3.16. The number of benzene rings is 1. The number of nitrogens with one attached hydrogen (secondary N) is 1. The van der Waals surface area contributed by atoms with Crippen LogP contribution < -0.4 is 11.1 Å². The lowest BCUT2D eigenvalue weighted by Crippen LogP contribution is -2.60. The molecular formula is C14H20N4O. The molecule has 1 saturated carbocycles. The number of rotatable bonds is 4. The molecule has 1 aliphatic rings. The zero-order valence-corrected chi connectivity index (χ0v) is 11.3. The lowest BCUT2D eigenvalue weighted by atomic mass is 9.83. The van der Waals surface area contributed by atoms with Gasteiger partial charge < -0.3 is 20.4 Å². The molecule has 3 atom stereocenters. The lowest BCUT2D eigenvalue weighted by molar-refractivity contribution is -0.0129. The van der Waals surface area contributed by atoms with E-state index in [-0.39, 0.29) is 18.2 Å². The van der Waals surface area contributed by atoms with Crippen LogP contribution in [0, 0.1) is 0 Å². The Morgan fingerprint density at radius 2 is 2.26 bits per heavy atom. The summed E-state index contributed by atoms with van der Waals surface area (Å²) in [5.74, 6) is 0.853. The summed E-state index contributed by atoms with van der Waals surface area (Å²) >= 11 is 0. The SMILES string of the molecule is CCOC1CC(N)C1Nc1nc2ccccc2n1C. The van der Waals surface area contributed by atoms with Gasteiger partial charge in [0.05, 0.1) is 23.2 Å². The van der Waals surface area contributed by atoms with E-state index in [9.17, 15) is 0 Å². The van der Waals surface area contributed by atoms with Crippen molar-refractivity contribution in [3.63, 3.8) is 0 Å². The molecule has 0 bridgehead atoms. The second kappa shape index (κ2) is 4.83. The number of ether oxygens (including phenoxy) is 1. The van der Waals surface area contributed by atoms with Crippen molar-refractivity contribution >= 4 is 17.0 Å². The van der Waals surface area contributed by atoms with Crippen LogP contribution in [-0.2, 0) is 11.8 Å². The number of nitrogens with zero attached hydrogens (tertiary/aromatic N) is 2. The maximum absolute atomic E-state index is 6.06. The zero-order valence-electron chi connectivity index (χ0n) is 11.3. The highest BCUT2D eigenvalue weighted by Crippen LogP contribution is 2.27. The molecule has 0 radical (unpaired) electrons. The molecule has 2 aromatic rings. The highest BCUT2D eigenvalue weighted by Gasteiger charge is 2.40. The van der Waals surface area contributed by atoms with Gasteiger partial charge in [-0.3, -0.25) is 0 Å². The summed E-state index contributed by atoms with van der Waals surface area (Å²) in [5.41, 5.74) is 8.17. The Bertz CT molecular complexity index is 578. The third-order valence-corrected chi connectivity index (χ3v) is 3.83. The van der Waals surface area contributed by atoms with Gasteiger partial charge in [0.2, 0.25) is 5.95 Å². The predicted molar refractivity (Wildman–Crippen MR) is 76.1 cm³/mol. The second-order valence-electron chi connectivity index (χ2n) is 5.05. The van der Waals surface area contributed by atoms with Gasteiger partial charge in [0.15, 0.2) is 0 Å². The van der Waals surface area contributed by atoms with Crippen molar-refractivity contribution in [3.05, 3.63) is 24.3 Å². The highest BCUT2D eigenvalue weighted by molar-refractivity contribution is 5.78. The first kappa shape index (κ1) is 12.4. The largest absolute Gasteiger partial charge is 0.376 e. The normalized spacial score (nSPS) is 26.4. The van der Waals surface area contributed by atoms with Crippen LogP contribution in [0.5, 0.6) is 0 Å². The molecule has 1 fully saturated rings. The van der Waals surface area contributed by atoms with Gasteiger partial charge in [-0.15, -0.1) is 0 Å². The van der Waals surface area contributed by atoms with Crippen molar-refractivity contribution in [1.29, 1.82) is 0 Å². The number of imidazole rings is 1. The first-order valence-electron chi connectivity index (χ1n) is 6.76. The molecule has 3 unspecified atom stereocenters. The Balaban J connectivity index is 1.83. The van der Waals surface area contributed by atoms with Gasteiger partial charge in [-0.2, -0.15) is 0 Å². The number of hydrogen-bond acceptors (Lipinski definition) is 4. The molecule has 0 aliphatic heterocycles. The fourth-order valence-electron chi connectivity index (χ4n) is 2.65. The van der Waals surface area contributed by atoms with E-state index in [1.807, 2.05) is 32.2 Å². The Hall–Kier alpha value is -1.59. The van der Waals surface area contributed by atoms with E-state index in [0.29, 0.717) is 0 Å². The number of nitrogens with two attached hydrogens (primary N) is 1. The molecule has 1 heterocycles. The van der Waals surface area contributed by atoms with Gasteiger partial charge in [-0.1, -0.05) is 12.1 Å². The topological polar surface area (TPSA) is 65.1 Å². The van der Waals surface area contributed by atoms with Crippen LogP contribution in [-0.4, -0.2) is 34.3 Å². The average Bonchev–Trinajstić information content (AvgIpc) is 2.73. The van der Waals surface area contributed by atoms with Crippen molar-refractivity contribution in [1.82, 2.24) is 9.55 Å². The van der Waals surface area contributed by atoms with Gasteiger partial charge in [-0.05, 0) is 25.5 Å². The summed E-state index contributed by atoms with van der Waals surface area (Å²) in [5, 5.41) is 3.42. The Labute approximate surface area is 112 Å². The molecule has 0 saturated heterocycles. The molecule has 1 aliphatic carbocycles. The van der Waals surface area contributed by atoms with Gasteiger partial charge >= 0.3 is 0 Å². The van der Waals surface area contributed by atoms with Gasteiger partial charge in [0.25, 0.3) is 0 Å². The smallest absolute Gasteiger partial charge is 0.203 e. The summed E-state index contributed by atoms with van der Waals surface area (Å²) in [6.07, 6.45) is 1.11. The standard InChI is InChI=1S/C14H20N4O/c1-3-19-12-8-9(15)13(12)17-14-16-10-6-4-5-7-11(10)18(14)2/h4-7,9,12-13H,3,8,15H2,1-2H3,(H,16,17). The summed E-state index contributed by atoms with van der Waals surface area (Å²) in [6, 6.07) is 8.38. The number of aromatic nitrogens is 2. The fourth-order valence-corrected chi connectivity index (χ4v) is 2.65. The molecule has 3 N–H and O–H groups in total. The fraction of sp³-hybridized carbons (Fsp3) is 0.500. The van der Waals surface area contributed by atoms with E-state index in [1.165, 1.54) is 0 Å². The first-order valence-corrected chi connectivity index (χ1v) is 6.76. The number of para-hydroxylation sites is 2. The van der Waals surface area contributed by atoms with E-state index < -0.39 is 0 Å².